The Labute approximate surface area is 93.7 Å². The fourth-order valence-electron chi connectivity index (χ4n) is 1.77. The van der Waals surface area contributed by atoms with Gasteiger partial charge in [-0.1, -0.05) is 38.9 Å². The molecule has 0 radical (unpaired) electrons. The van der Waals surface area contributed by atoms with Gasteiger partial charge in [0.1, 0.15) is 8.07 Å². The Morgan fingerprint density at radius 1 is 1.31 bits per heavy atom. The first kappa shape index (κ1) is 11.4. The Bertz CT molecular complexity index is 262. The van der Waals surface area contributed by atoms with Crippen LogP contribution in [0.25, 0.3) is 0 Å². The molecule has 1 aromatic heterocycles. The summed E-state index contributed by atoms with van der Waals surface area (Å²) in [5, 5.41) is 0. The molecule has 0 aliphatic rings. The molecular weight excluding hydrogens is 262 g/mol. The van der Waals surface area contributed by atoms with E-state index in [1.807, 2.05) is 11.3 Å². The molecule has 1 nitrogen and oxygen atoms in total. The first-order valence-corrected chi connectivity index (χ1v) is 9.03. The summed E-state index contributed by atoms with van der Waals surface area (Å²) < 4.78 is 2.60. The standard InChI is InChI=1S/C9H16BrNSSi/c1-4-13(5-2,6-3)8-7-11-9(10)12-8/h7H,4-6H2,1-3H3. The van der Waals surface area contributed by atoms with Gasteiger partial charge in [-0.05, 0) is 15.9 Å². The van der Waals surface area contributed by atoms with Crippen LogP contribution in [0, 0.1) is 0 Å². The third kappa shape index (κ3) is 2.22. The maximum atomic E-state index is 4.30. The molecule has 0 fully saturated rings. The molecular formula is C9H16BrNSSi. The number of hydrogen-bond donors (Lipinski definition) is 0. The van der Waals surface area contributed by atoms with Crippen molar-refractivity contribution in [1.29, 1.82) is 0 Å². The monoisotopic (exact) mass is 277 g/mol. The number of hydrogen-bond acceptors (Lipinski definition) is 2. The Hall–Kier alpha value is 0.327. The lowest BCUT2D eigenvalue weighted by Crippen LogP contribution is -2.43. The van der Waals surface area contributed by atoms with Crippen molar-refractivity contribution in [2.75, 3.05) is 0 Å². The summed E-state index contributed by atoms with van der Waals surface area (Å²) in [5.41, 5.74) is 0. The van der Waals surface area contributed by atoms with Gasteiger partial charge >= 0.3 is 0 Å². The van der Waals surface area contributed by atoms with Crippen molar-refractivity contribution in [2.24, 2.45) is 0 Å². The van der Waals surface area contributed by atoms with Crippen LogP contribution in [-0.2, 0) is 0 Å². The number of aromatic nitrogens is 1. The Morgan fingerprint density at radius 3 is 2.15 bits per heavy atom. The Morgan fingerprint density at radius 2 is 1.85 bits per heavy atom. The molecule has 0 aliphatic heterocycles. The average molecular weight is 278 g/mol. The first-order chi connectivity index (χ1) is 6.18. The molecule has 0 spiro atoms. The second-order valence-corrected chi connectivity index (χ2v) is 11.2. The molecule has 0 saturated carbocycles. The summed E-state index contributed by atoms with van der Waals surface area (Å²) in [4.78, 5) is 4.30. The van der Waals surface area contributed by atoms with Crippen LogP contribution < -0.4 is 4.50 Å². The number of halogens is 1. The molecule has 0 N–H and O–H groups in total. The highest BCUT2D eigenvalue weighted by Crippen LogP contribution is 2.24. The summed E-state index contributed by atoms with van der Waals surface area (Å²) in [6.07, 6.45) is 2.08. The van der Waals surface area contributed by atoms with Gasteiger partial charge in [-0.2, -0.15) is 0 Å². The summed E-state index contributed by atoms with van der Waals surface area (Å²) in [6, 6.07) is 4.03. The van der Waals surface area contributed by atoms with Gasteiger partial charge in [0.25, 0.3) is 0 Å². The number of nitrogens with zero attached hydrogens (tertiary/aromatic N) is 1. The van der Waals surface area contributed by atoms with E-state index in [0.29, 0.717) is 0 Å². The van der Waals surface area contributed by atoms with E-state index in [1.54, 1.807) is 4.50 Å². The zero-order chi connectivity index (χ0) is 9.90. The molecule has 0 unspecified atom stereocenters. The molecule has 0 aliphatic carbocycles. The van der Waals surface area contributed by atoms with Gasteiger partial charge < -0.3 is 0 Å². The van der Waals surface area contributed by atoms with Gasteiger partial charge in [0.2, 0.25) is 0 Å². The van der Waals surface area contributed by atoms with Crippen LogP contribution in [0.3, 0.4) is 0 Å². The van der Waals surface area contributed by atoms with Crippen molar-refractivity contribution in [2.45, 2.75) is 38.9 Å². The van der Waals surface area contributed by atoms with Crippen molar-refractivity contribution in [3.8, 4) is 0 Å². The van der Waals surface area contributed by atoms with E-state index in [1.165, 1.54) is 18.1 Å². The predicted octanol–water partition coefficient (Wildman–Crippen LogP) is 3.62. The molecule has 1 aromatic rings. The van der Waals surface area contributed by atoms with E-state index in [0.717, 1.165) is 3.92 Å². The lowest BCUT2D eigenvalue weighted by molar-refractivity contribution is 1.20. The minimum Gasteiger partial charge on any atom is -0.238 e. The maximum absolute atomic E-state index is 4.30. The van der Waals surface area contributed by atoms with Crippen molar-refractivity contribution < 1.29 is 0 Å². The van der Waals surface area contributed by atoms with Gasteiger partial charge in [0.05, 0.1) is 0 Å². The van der Waals surface area contributed by atoms with Crippen LogP contribution in [0.5, 0.6) is 0 Å². The molecule has 74 valence electrons. The van der Waals surface area contributed by atoms with E-state index >= 15 is 0 Å². The Balaban J connectivity index is 3.00. The third-order valence-electron chi connectivity index (χ3n) is 3.03. The highest BCUT2D eigenvalue weighted by Gasteiger charge is 2.31. The third-order valence-corrected chi connectivity index (χ3v) is 11.2. The maximum Gasteiger partial charge on any atom is 0.158 e. The van der Waals surface area contributed by atoms with Crippen LogP contribution >= 0.6 is 27.3 Å². The molecule has 0 amide bonds. The van der Waals surface area contributed by atoms with Crippen molar-refractivity contribution in [1.82, 2.24) is 4.98 Å². The molecule has 4 heteroatoms. The smallest absolute Gasteiger partial charge is 0.158 e. The summed E-state index contributed by atoms with van der Waals surface area (Å²) >= 11 is 5.28. The molecule has 0 saturated heterocycles. The van der Waals surface area contributed by atoms with Gasteiger partial charge in [-0.15, -0.1) is 11.3 Å². The normalized spacial score (nSPS) is 12.0. The molecule has 0 bridgehead atoms. The van der Waals surface area contributed by atoms with Crippen molar-refractivity contribution in [3.05, 3.63) is 10.1 Å². The van der Waals surface area contributed by atoms with Gasteiger partial charge in [0, 0.05) is 10.7 Å². The van der Waals surface area contributed by atoms with Gasteiger partial charge in [-0.3, -0.25) is 0 Å². The first-order valence-electron chi connectivity index (χ1n) is 4.80. The minimum absolute atomic E-state index is 1.04. The molecule has 1 heterocycles. The SMILES string of the molecule is CC[Si](CC)(CC)c1cnc(Br)s1. The van der Waals surface area contributed by atoms with Gasteiger partial charge in [-0.25, -0.2) is 4.98 Å². The van der Waals surface area contributed by atoms with Gasteiger partial charge in [0.15, 0.2) is 3.92 Å². The molecule has 13 heavy (non-hydrogen) atoms. The summed E-state index contributed by atoms with van der Waals surface area (Å²) in [7, 11) is -1.15. The minimum atomic E-state index is -1.15. The summed E-state index contributed by atoms with van der Waals surface area (Å²) in [5.74, 6) is 0. The molecule has 0 atom stereocenters. The fraction of sp³-hybridized carbons (Fsp3) is 0.667. The molecule has 1 rings (SSSR count). The van der Waals surface area contributed by atoms with E-state index in [4.69, 9.17) is 0 Å². The second kappa shape index (κ2) is 4.71. The zero-order valence-electron chi connectivity index (χ0n) is 8.43. The predicted molar refractivity (Wildman–Crippen MR) is 66.6 cm³/mol. The number of rotatable bonds is 4. The van der Waals surface area contributed by atoms with Crippen LogP contribution in [0.2, 0.25) is 18.1 Å². The Kier molecular flexibility index (Phi) is 4.13. The topological polar surface area (TPSA) is 12.9 Å². The van der Waals surface area contributed by atoms with Crippen LogP contribution in [0.15, 0.2) is 10.1 Å². The van der Waals surface area contributed by atoms with E-state index in [2.05, 4.69) is 47.9 Å². The van der Waals surface area contributed by atoms with E-state index in [-0.39, 0.29) is 0 Å². The zero-order valence-corrected chi connectivity index (χ0v) is 11.8. The van der Waals surface area contributed by atoms with E-state index in [9.17, 15) is 0 Å². The second-order valence-electron chi connectivity index (χ2n) is 3.32. The highest BCUT2D eigenvalue weighted by atomic mass is 79.9. The quantitative estimate of drug-likeness (QED) is 0.767. The highest BCUT2D eigenvalue weighted by molar-refractivity contribution is 9.11. The lowest BCUT2D eigenvalue weighted by atomic mass is 10.9. The number of thiazole rings is 1. The lowest BCUT2D eigenvalue weighted by Gasteiger charge is -2.25. The van der Waals surface area contributed by atoms with Crippen LogP contribution in [-0.4, -0.2) is 13.1 Å². The van der Waals surface area contributed by atoms with Crippen molar-refractivity contribution >= 4 is 39.8 Å². The van der Waals surface area contributed by atoms with Crippen molar-refractivity contribution in [3.63, 3.8) is 0 Å². The fourth-order valence-corrected chi connectivity index (χ4v) is 8.58. The van der Waals surface area contributed by atoms with Crippen LogP contribution in [0.4, 0.5) is 0 Å². The average Bonchev–Trinajstić information content (AvgIpc) is 2.57. The van der Waals surface area contributed by atoms with E-state index < -0.39 is 8.07 Å². The molecule has 0 aromatic carbocycles. The van der Waals surface area contributed by atoms with Crippen LogP contribution in [0.1, 0.15) is 20.8 Å². The summed E-state index contributed by atoms with van der Waals surface area (Å²) in [6.45, 7) is 6.98. The largest absolute Gasteiger partial charge is 0.238 e.